The first-order valence-electron chi connectivity index (χ1n) is 10.3. The van der Waals surface area contributed by atoms with Gasteiger partial charge in [-0.25, -0.2) is 0 Å². The average molecular weight is 458 g/mol. The molecule has 1 saturated heterocycles. The molecule has 0 radical (unpaired) electrons. The molecule has 3 aromatic rings. The lowest BCUT2D eigenvalue weighted by Crippen LogP contribution is -2.52. The highest BCUT2D eigenvalue weighted by Gasteiger charge is 2.38. The van der Waals surface area contributed by atoms with Crippen LogP contribution in [-0.4, -0.2) is 74.5 Å². The Hall–Kier alpha value is -2.91. The Morgan fingerprint density at radius 1 is 1.09 bits per heavy atom. The lowest BCUT2D eigenvalue weighted by molar-refractivity contribution is -0.141. The summed E-state index contributed by atoms with van der Waals surface area (Å²) in [6.07, 6.45) is -3.47. The summed E-state index contributed by atoms with van der Waals surface area (Å²) >= 11 is 6.02. The number of nitrogens with zero attached hydrogens (tertiary/aromatic N) is 1. The lowest BCUT2D eigenvalue weighted by Gasteiger charge is -2.27. The SMILES string of the molecule is O=C(N[C@@H](Cc1ccccc1)[C@@H](O)C(=O)N1CC(O)[C@@H](O)C1)c1cc2cc(Cl)ccc2[nH]1. The van der Waals surface area contributed by atoms with E-state index in [0.717, 1.165) is 16.5 Å². The van der Waals surface area contributed by atoms with E-state index in [9.17, 15) is 24.9 Å². The van der Waals surface area contributed by atoms with E-state index in [1.54, 1.807) is 24.3 Å². The smallest absolute Gasteiger partial charge is 0.268 e. The molecule has 1 aliphatic heterocycles. The molecule has 32 heavy (non-hydrogen) atoms. The van der Waals surface area contributed by atoms with Crippen molar-refractivity contribution in [1.82, 2.24) is 15.2 Å². The summed E-state index contributed by atoms with van der Waals surface area (Å²) in [5, 5.41) is 34.4. The highest BCUT2D eigenvalue weighted by atomic mass is 35.5. The second-order valence-electron chi connectivity index (χ2n) is 8.01. The molecular formula is C23H24ClN3O5. The van der Waals surface area contributed by atoms with Gasteiger partial charge in [0, 0.05) is 29.0 Å². The van der Waals surface area contributed by atoms with Gasteiger partial charge in [-0.1, -0.05) is 41.9 Å². The zero-order valence-corrected chi connectivity index (χ0v) is 17.9. The molecule has 4 rings (SSSR count). The molecule has 2 amide bonds. The Kier molecular flexibility index (Phi) is 6.48. The number of hydrogen-bond acceptors (Lipinski definition) is 5. The van der Waals surface area contributed by atoms with Crippen molar-refractivity contribution in [2.24, 2.45) is 0 Å². The molecule has 0 saturated carbocycles. The fraction of sp³-hybridized carbons (Fsp3) is 0.304. The first-order valence-corrected chi connectivity index (χ1v) is 10.7. The Morgan fingerprint density at radius 3 is 2.47 bits per heavy atom. The highest BCUT2D eigenvalue weighted by molar-refractivity contribution is 6.31. The number of benzene rings is 2. The largest absolute Gasteiger partial charge is 0.388 e. The van der Waals surface area contributed by atoms with Crippen LogP contribution in [-0.2, 0) is 11.2 Å². The number of rotatable bonds is 6. The van der Waals surface area contributed by atoms with Gasteiger partial charge in [-0.15, -0.1) is 0 Å². The second-order valence-corrected chi connectivity index (χ2v) is 8.44. The molecule has 1 aliphatic rings. The number of likely N-dealkylation sites (tertiary alicyclic amines) is 1. The summed E-state index contributed by atoms with van der Waals surface area (Å²) in [7, 11) is 0. The van der Waals surface area contributed by atoms with E-state index in [1.165, 1.54) is 4.90 Å². The van der Waals surface area contributed by atoms with Crippen molar-refractivity contribution < 1.29 is 24.9 Å². The number of aromatic amines is 1. The van der Waals surface area contributed by atoms with Gasteiger partial charge in [-0.3, -0.25) is 9.59 Å². The molecule has 0 aliphatic carbocycles. The van der Waals surface area contributed by atoms with Gasteiger partial charge in [0.15, 0.2) is 6.10 Å². The molecule has 1 unspecified atom stereocenters. The lowest BCUT2D eigenvalue weighted by atomic mass is 10.00. The number of hydrogen-bond donors (Lipinski definition) is 5. The average Bonchev–Trinajstić information content (AvgIpc) is 3.35. The van der Waals surface area contributed by atoms with Crippen molar-refractivity contribution in [3.8, 4) is 0 Å². The van der Waals surface area contributed by atoms with Crippen molar-refractivity contribution in [2.75, 3.05) is 13.1 Å². The summed E-state index contributed by atoms with van der Waals surface area (Å²) in [6, 6.07) is 15.1. The van der Waals surface area contributed by atoms with Gasteiger partial charge in [0.05, 0.1) is 18.2 Å². The number of β-amino-alcohol motifs (C(OH)–C–C–N with tert-alkyl or cyclic N) is 2. The zero-order chi connectivity index (χ0) is 22.8. The third-order valence-electron chi connectivity index (χ3n) is 5.65. The van der Waals surface area contributed by atoms with Gasteiger partial charge in [0.2, 0.25) is 0 Å². The third kappa shape index (κ3) is 4.78. The highest BCUT2D eigenvalue weighted by Crippen LogP contribution is 2.21. The minimum Gasteiger partial charge on any atom is -0.388 e. The molecule has 4 atom stereocenters. The molecule has 0 bridgehead atoms. The number of aliphatic hydroxyl groups excluding tert-OH is 3. The van der Waals surface area contributed by atoms with Crippen molar-refractivity contribution in [1.29, 1.82) is 0 Å². The summed E-state index contributed by atoms with van der Waals surface area (Å²) in [6.45, 7) is -0.155. The van der Waals surface area contributed by atoms with E-state index in [2.05, 4.69) is 10.3 Å². The monoisotopic (exact) mass is 457 g/mol. The molecule has 1 fully saturated rings. The van der Waals surface area contributed by atoms with Gasteiger partial charge in [0.25, 0.3) is 11.8 Å². The number of carbonyl (C=O) groups excluding carboxylic acids is 2. The van der Waals surface area contributed by atoms with Crippen LogP contribution in [0.5, 0.6) is 0 Å². The van der Waals surface area contributed by atoms with Crippen molar-refractivity contribution >= 4 is 34.3 Å². The van der Waals surface area contributed by atoms with Gasteiger partial charge in [-0.2, -0.15) is 0 Å². The van der Waals surface area contributed by atoms with E-state index in [-0.39, 0.29) is 25.2 Å². The number of amides is 2. The Bertz CT molecular complexity index is 1110. The van der Waals surface area contributed by atoms with Gasteiger partial charge in [-0.05, 0) is 36.2 Å². The predicted molar refractivity (Wildman–Crippen MR) is 119 cm³/mol. The van der Waals surface area contributed by atoms with Crippen LogP contribution in [0.3, 0.4) is 0 Å². The van der Waals surface area contributed by atoms with Crippen LogP contribution < -0.4 is 5.32 Å². The third-order valence-corrected chi connectivity index (χ3v) is 5.88. The van der Waals surface area contributed by atoms with Crippen LogP contribution in [0.15, 0.2) is 54.6 Å². The number of fused-ring (bicyclic) bond motifs is 1. The maximum Gasteiger partial charge on any atom is 0.268 e. The molecule has 9 heteroatoms. The maximum atomic E-state index is 13.0. The van der Waals surface area contributed by atoms with Crippen molar-refractivity contribution in [2.45, 2.75) is 30.8 Å². The predicted octanol–water partition coefficient (Wildman–Crippen LogP) is 1.09. The van der Waals surface area contributed by atoms with E-state index in [0.29, 0.717) is 5.02 Å². The van der Waals surface area contributed by atoms with Gasteiger partial charge in [0.1, 0.15) is 5.69 Å². The normalized spacial score (nSPS) is 20.3. The Balaban J connectivity index is 1.55. The van der Waals surface area contributed by atoms with Crippen LogP contribution in [0.25, 0.3) is 10.9 Å². The van der Waals surface area contributed by atoms with Crippen LogP contribution in [0.4, 0.5) is 0 Å². The number of aromatic nitrogens is 1. The molecule has 0 spiro atoms. The van der Waals surface area contributed by atoms with Crippen LogP contribution >= 0.6 is 11.6 Å². The minimum absolute atomic E-state index is 0.0775. The first kappa shape index (κ1) is 22.3. The van der Waals surface area contributed by atoms with Crippen molar-refractivity contribution in [3.63, 3.8) is 0 Å². The van der Waals surface area contributed by atoms with E-state index < -0.39 is 36.2 Å². The van der Waals surface area contributed by atoms with E-state index in [4.69, 9.17) is 11.6 Å². The van der Waals surface area contributed by atoms with Gasteiger partial charge >= 0.3 is 0 Å². The number of halogens is 1. The van der Waals surface area contributed by atoms with Crippen LogP contribution in [0.1, 0.15) is 16.1 Å². The molecule has 1 aromatic heterocycles. The Morgan fingerprint density at radius 2 is 1.78 bits per heavy atom. The number of H-pyrrole nitrogens is 1. The van der Waals surface area contributed by atoms with Crippen molar-refractivity contribution in [3.05, 3.63) is 70.9 Å². The molecule has 2 aromatic carbocycles. The fourth-order valence-electron chi connectivity index (χ4n) is 3.89. The van der Waals surface area contributed by atoms with E-state index in [1.807, 2.05) is 30.3 Å². The minimum atomic E-state index is -1.56. The summed E-state index contributed by atoms with van der Waals surface area (Å²) in [5.41, 5.74) is 1.83. The second kappa shape index (κ2) is 9.30. The van der Waals surface area contributed by atoms with Crippen LogP contribution in [0, 0.1) is 0 Å². The van der Waals surface area contributed by atoms with Crippen LogP contribution in [0.2, 0.25) is 5.02 Å². The fourth-order valence-corrected chi connectivity index (χ4v) is 4.07. The standard InChI is InChI=1S/C23H24ClN3O5/c24-15-6-7-16-14(9-15)10-18(25-16)22(31)26-17(8-13-4-2-1-3-5-13)21(30)23(32)27-11-19(28)20(29)12-27/h1-7,9-10,17,19-21,25,28-30H,8,11-12H2,(H,26,31)/t17-,19-,20?,21+/m0/s1. The summed E-state index contributed by atoms with van der Waals surface area (Å²) < 4.78 is 0. The maximum absolute atomic E-state index is 13.0. The number of carbonyl (C=O) groups is 2. The number of nitrogens with one attached hydrogen (secondary N) is 2. The molecule has 168 valence electrons. The number of aliphatic hydroxyl groups is 3. The summed E-state index contributed by atoms with van der Waals surface area (Å²) in [4.78, 5) is 30.0. The Labute approximate surface area is 189 Å². The summed E-state index contributed by atoms with van der Waals surface area (Å²) in [5.74, 6) is -1.14. The zero-order valence-electron chi connectivity index (χ0n) is 17.1. The van der Waals surface area contributed by atoms with E-state index >= 15 is 0 Å². The molecular weight excluding hydrogens is 434 g/mol. The molecule has 8 nitrogen and oxygen atoms in total. The molecule has 2 heterocycles. The topological polar surface area (TPSA) is 126 Å². The first-order chi connectivity index (χ1) is 15.3. The molecule has 5 N–H and O–H groups in total. The van der Waals surface area contributed by atoms with Gasteiger partial charge < -0.3 is 30.5 Å². The quantitative estimate of drug-likeness (QED) is 0.379.